The lowest BCUT2D eigenvalue weighted by atomic mass is 10.2. The van der Waals surface area contributed by atoms with E-state index in [0.29, 0.717) is 39.7 Å². The third kappa shape index (κ3) is 4.01. The number of carbonyl (C=O) groups is 1. The maximum atomic E-state index is 13.6. The quantitative estimate of drug-likeness (QED) is 0.648. The summed E-state index contributed by atoms with van der Waals surface area (Å²) < 4.78 is 31.7. The second kappa shape index (κ2) is 8.32. The van der Waals surface area contributed by atoms with Gasteiger partial charge in [0.25, 0.3) is 5.91 Å². The Morgan fingerprint density at radius 2 is 1.89 bits per heavy atom. The van der Waals surface area contributed by atoms with E-state index in [1.165, 1.54) is 37.7 Å². The van der Waals surface area contributed by atoms with E-state index in [4.69, 9.17) is 14.2 Å². The summed E-state index contributed by atoms with van der Waals surface area (Å²) in [6.45, 7) is 0.946. The van der Waals surface area contributed by atoms with Crippen molar-refractivity contribution in [3.05, 3.63) is 52.6 Å². The number of nitrogens with zero attached hydrogens (tertiary/aromatic N) is 2. The van der Waals surface area contributed by atoms with Gasteiger partial charge < -0.3 is 18.8 Å². The highest BCUT2D eigenvalue weighted by molar-refractivity contribution is 7.16. The first kappa shape index (κ1) is 19.1. The Labute approximate surface area is 159 Å². The minimum Gasteiger partial charge on any atom is -0.493 e. The topological polar surface area (TPSA) is 62.1 Å². The van der Waals surface area contributed by atoms with Crippen LogP contribution in [0, 0.1) is 5.82 Å². The Balaban J connectivity index is 2.07. The van der Waals surface area contributed by atoms with Crippen LogP contribution in [0.1, 0.15) is 10.4 Å². The highest BCUT2D eigenvalue weighted by atomic mass is 32.1. The van der Waals surface area contributed by atoms with Crippen LogP contribution >= 0.6 is 11.3 Å². The van der Waals surface area contributed by atoms with Crippen LogP contribution in [0.25, 0.3) is 10.2 Å². The predicted molar refractivity (Wildman–Crippen MR) is 101 cm³/mol. The van der Waals surface area contributed by atoms with Gasteiger partial charge >= 0.3 is 0 Å². The summed E-state index contributed by atoms with van der Waals surface area (Å²) in [6.07, 6.45) is 0. The summed E-state index contributed by atoms with van der Waals surface area (Å²) in [4.78, 5) is 17.4. The summed E-state index contributed by atoms with van der Waals surface area (Å²) in [6, 6.07) is 9.36. The molecule has 0 radical (unpaired) electrons. The molecule has 0 aliphatic rings. The van der Waals surface area contributed by atoms with Gasteiger partial charge in [0.05, 0.1) is 31.0 Å². The molecule has 0 N–H and O–H groups in total. The van der Waals surface area contributed by atoms with Crippen molar-refractivity contribution in [2.75, 3.05) is 27.9 Å². The van der Waals surface area contributed by atoms with Gasteiger partial charge in [0, 0.05) is 19.2 Å². The number of hydrogen-bond donors (Lipinski definition) is 0. The number of amides is 1. The number of halogens is 1. The number of carbonyl (C=O) groups excluding carboxylic acids is 1. The van der Waals surface area contributed by atoms with Crippen molar-refractivity contribution >= 4 is 27.5 Å². The molecule has 142 valence electrons. The largest absolute Gasteiger partial charge is 0.493 e. The number of aromatic nitrogens is 1. The van der Waals surface area contributed by atoms with Crippen LogP contribution in [-0.4, -0.2) is 38.4 Å². The highest BCUT2D eigenvalue weighted by Gasteiger charge is 2.12. The monoisotopic (exact) mass is 390 g/mol. The Bertz CT molecular complexity index is 1040. The molecule has 27 heavy (non-hydrogen) atoms. The first-order valence-corrected chi connectivity index (χ1v) is 8.98. The third-order valence-electron chi connectivity index (χ3n) is 3.99. The van der Waals surface area contributed by atoms with Gasteiger partial charge in [-0.05, 0) is 36.4 Å². The standard InChI is InChI=1S/C19H19FN2O4S/c1-24-9-8-22-14-6-5-13(20)11-17(14)27-19(22)21-18(23)12-4-7-15(25-2)16(10-12)26-3/h4-7,10-11H,8-9H2,1-3H3. The molecule has 0 fully saturated rings. The SMILES string of the molecule is COCCn1c(=NC(=O)c2ccc(OC)c(OC)c2)sc2cc(F)ccc21. The van der Waals surface area contributed by atoms with E-state index >= 15 is 0 Å². The van der Waals surface area contributed by atoms with E-state index in [1.807, 2.05) is 4.57 Å². The van der Waals surface area contributed by atoms with E-state index in [1.54, 1.807) is 31.4 Å². The van der Waals surface area contributed by atoms with Gasteiger partial charge in [0.2, 0.25) is 0 Å². The van der Waals surface area contributed by atoms with Gasteiger partial charge in [-0.1, -0.05) is 11.3 Å². The number of benzene rings is 2. The molecule has 3 rings (SSSR count). The number of thiazole rings is 1. The average molecular weight is 390 g/mol. The molecule has 6 nitrogen and oxygen atoms in total. The van der Waals surface area contributed by atoms with Crippen molar-refractivity contribution in [1.82, 2.24) is 4.57 Å². The van der Waals surface area contributed by atoms with Crippen molar-refractivity contribution < 1.29 is 23.4 Å². The molecule has 3 aromatic rings. The van der Waals surface area contributed by atoms with Crippen LogP contribution in [0.4, 0.5) is 4.39 Å². The number of methoxy groups -OCH3 is 3. The number of hydrogen-bond acceptors (Lipinski definition) is 5. The van der Waals surface area contributed by atoms with Crippen LogP contribution < -0.4 is 14.3 Å². The lowest BCUT2D eigenvalue weighted by molar-refractivity contribution is 0.0997. The fraction of sp³-hybridized carbons (Fsp3) is 0.263. The predicted octanol–water partition coefficient (Wildman–Crippen LogP) is 3.25. The maximum absolute atomic E-state index is 13.6. The molecule has 0 unspecified atom stereocenters. The average Bonchev–Trinajstić information content (AvgIpc) is 3.01. The number of rotatable bonds is 6. The molecule has 0 bridgehead atoms. The summed E-state index contributed by atoms with van der Waals surface area (Å²) in [5.74, 6) is 0.223. The summed E-state index contributed by atoms with van der Waals surface area (Å²) >= 11 is 1.25. The molecule has 2 aromatic carbocycles. The Morgan fingerprint density at radius 1 is 1.11 bits per heavy atom. The van der Waals surface area contributed by atoms with Crippen LogP contribution in [0.3, 0.4) is 0 Å². The second-order valence-corrected chi connectivity index (χ2v) is 6.64. The van der Waals surface area contributed by atoms with E-state index in [9.17, 15) is 9.18 Å². The maximum Gasteiger partial charge on any atom is 0.279 e. The third-order valence-corrected chi connectivity index (χ3v) is 5.03. The molecule has 1 aromatic heterocycles. The molecular weight excluding hydrogens is 371 g/mol. The summed E-state index contributed by atoms with van der Waals surface area (Å²) in [5, 5.41) is 0. The fourth-order valence-corrected chi connectivity index (χ4v) is 3.73. The van der Waals surface area contributed by atoms with E-state index in [0.717, 1.165) is 5.52 Å². The molecule has 1 heterocycles. The summed E-state index contributed by atoms with van der Waals surface area (Å²) in [5.41, 5.74) is 1.17. The van der Waals surface area contributed by atoms with Crippen LogP contribution in [0.15, 0.2) is 41.4 Å². The minimum absolute atomic E-state index is 0.333. The molecule has 0 aliphatic heterocycles. The van der Waals surface area contributed by atoms with Crippen molar-refractivity contribution in [2.45, 2.75) is 6.54 Å². The molecule has 0 aliphatic carbocycles. The van der Waals surface area contributed by atoms with Crippen LogP contribution in [0.2, 0.25) is 0 Å². The van der Waals surface area contributed by atoms with Crippen molar-refractivity contribution in [2.24, 2.45) is 4.99 Å². The zero-order valence-corrected chi connectivity index (χ0v) is 16.0. The normalized spacial score (nSPS) is 11.8. The van der Waals surface area contributed by atoms with Crippen LogP contribution in [-0.2, 0) is 11.3 Å². The highest BCUT2D eigenvalue weighted by Crippen LogP contribution is 2.27. The van der Waals surface area contributed by atoms with Crippen molar-refractivity contribution in [1.29, 1.82) is 0 Å². The number of fused-ring (bicyclic) bond motifs is 1. The van der Waals surface area contributed by atoms with E-state index < -0.39 is 5.91 Å². The van der Waals surface area contributed by atoms with Crippen molar-refractivity contribution in [3.8, 4) is 11.5 Å². The molecular formula is C19H19FN2O4S. The van der Waals surface area contributed by atoms with Crippen LogP contribution in [0.5, 0.6) is 11.5 Å². The first-order valence-electron chi connectivity index (χ1n) is 8.16. The Morgan fingerprint density at radius 3 is 2.59 bits per heavy atom. The zero-order chi connectivity index (χ0) is 19.4. The van der Waals surface area contributed by atoms with Gasteiger partial charge in [-0.15, -0.1) is 0 Å². The Hall–Kier alpha value is -2.71. The van der Waals surface area contributed by atoms with Gasteiger partial charge in [-0.2, -0.15) is 4.99 Å². The van der Waals surface area contributed by atoms with Gasteiger partial charge in [0.15, 0.2) is 16.3 Å². The van der Waals surface area contributed by atoms with Gasteiger partial charge in [-0.3, -0.25) is 4.79 Å². The molecule has 0 saturated heterocycles. The molecule has 8 heteroatoms. The number of ether oxygens (including phenoxy) is 3. The molecule has 0 spiro atoms. The molecule has 0 atom stereocenters. The second-order valence-electron chi connectivity index (χ2n) is 5.63. The van der Waals surface area contributed by atoms with E-state index in [-0.39, 0.29) is 5.82 Å². The van der Waals surface area contributed by atoms with Crippen molar-refractivity contribution in [3.63, 3.8) is 0 Å². The molecule has 0 saturated carbocycles. The Kier molecular flexibility index (Phi) is 5.88. The van der Waals surface area contributed by atoms with E-state index in [2.05, 4.69) is 4.99 Å². The minimum atomic E-state index is -0.422. The smallest absolute Gasteiger partial charge is 0.279 e. The zero-order valence-electron chi connectivity index (χ0n) is 15.2. The first-order chi connectivity index (χ1) is 13.1. The summed E-state index contributed by atoms with van der Waals surface area (Å²) in [7, 11) is 4.63. The molecule has 1 amide bonds. The van der Waals surface area contributed by atoms with Gasteiger partial charge in [0.1, 0.15) is 5.82 Å². The fourth-order valence-electron chi connectivity index (χ4n) is 2.65. The lowest BCUT2D eigenvalue weighted by Crippen LogP contribution is -2.19. The lowest BCUT2D eigenvalue weighted by Gasteiger charge is -2.08. The van der Waals surface area contributed by atoms with Gasteiger partial charge in [-0.25, -0.2) is 4.39 Å².